The zero-order valence-electron chi connectivity index (χ0n) is 2.52. The monoisotopic (exact) mass is 81.0 g/mol. The van der Waals surface area contributed by atoms with Crippen LogP contribution in [0.15, 0.2) is 0 Å². The van der Waals surface area contributed by atoms with Gasteiger partial charge in [0, 0.05) is 51.4 Å². The third-order valence-electron chi connectivity index (χ3n) is 0. The van der Waals surface area contributed by atoms with Crippen LogP contribution in [-0.4, -0.2) is 51.4 Å². The van der Waals surface area contributed by atoms with Crippen LogP contribution in [0.25, 0.3) is 0 Å². The molecule has 0 aliphatic carbocycles. The molecule has 0 spiro atoms. The molecule has 0 aliphatic heterocycles. The summed E-state index contributed by atoms with van der Waals surface area (Å²) in [4.78, 5) is 0. The Balaban J connectivity index is 0. The number of nitriles is 1. The number of nitrogens with zero attached hydrogens (tertiary/aromatic N) is 1. The van der Waals surface area contributed by atoms with E-state index in [1.807, 2.05) is 0 Å². The molecule has 0 saturated carbocycles. The maximum absolute atomic E-state index is 7.10. The molecule has 0 fully saturated rings. The second-order valence-corrected chi connectivity index (χ2v) is 0.129. The molecule has 2 nitrogen and oxygen atoms in total. The van der Waals surface area contributed by atoms with Crippen LogP contribution in [0.3, 0.4) is 0 Å². The van der Waals surface area contributed by atoms with Crippen LogP contribution in [0.1, 0.15) is 0 Å². The molecule has 0 heterocycles. The summed E-state index contributed by atoms with van der Waals surface area (Å²) in [6.45, 7) is 0. The summed E-state index contributed by atoms with van der Waals surface area (Å²) in [5.41, 5.74) is 4.15. The van der Waals surface area contributed by atoms with Crippen molar-refractivity contribution < 1.29 is 0 Å². The summed E-state index contributed by atoms with van der Waals surface area (Å²) >= 11 is 0. The summed E-state index contributed by atoms with van der Waals surface area (Å²) in [6, 6.07) is 0. The first-order valence-electron chi connectivity index (χ1n) is 0.512. The van der Waals surface area contributed by atoms with Gasteiger partial charge in [0.25, 0.3) is 0 Å². The smallest absolute Gasteiger partial charge is 0.173 e. The molecule has 0 aliphatic rings. The summed E-state index contributed by atoms with van der Waals surface area (Å²) in [5.74, 6) is 0. The predicted molar refractivity (Wildman–Crippen MR) is 15.6 cm³/mol. The number of hydrogen-bond acceptors (Lipinski definition) is 2. The van der Waals surface area contributed by atoms with Gasteiger partial charge in [-0.3, -0.25) is 0 Å². The molecule has 3 heteroatoms. The first-order chi connectivity index (χ1) is 1.41. The van der Waals surface area contributed by atoms with E-state index >= 15 is 0 Å². The van der Waals surface area contributed by atoms with Crippen molar-refractivity contribution in [2.75, 3.05) is 0 Å². The minimum atomic E-state index is 0. The first kappa shape index (κ1) is 8.87. The Kier molecular flexibility index (Phi) is 20.1. The second-order valence-electron chi connectivity index (χ2n) is 0.129. The zero-order valence-corrected chi connectivity index (χ0v) is 5.65. The summed E-state index contributed by atoms with van der Waals surface area (Å²) < 4.78 is 0. The van der Waals surface area contributed by atoms with Crippen LogP contribution in [0, 0.1) is 11.5 Å². The van der Waals surface area contributed by atoms with Gasteiger partial charge in [0.05, 0.1) is 0 Å². The van der Waals surface area contributed by atoms with E-state index in [-0.39, 0.29) is 51.4 Å². The summed E-state index contributed by atoms with van der Waals surface area (Å²) in [7, 11) is 0. The minimum Gasteiger partial charge on any atom is -0.337 e. The van der Waals surface area contributed by atoms with Crippen molar-refractivity contribution in [3.05, 3.63) is 0 Å². The number of rotatable bonds is 0. The Hall–Kier alpha value is 0.926. The maximum atomic E-state index is 7.10. The molecule has 0 rings (SSSR count). The molecule has 0 aromatic heterocycles. The van der Waals surface area contributed by atoms with E-state index in [0.717, 1.165) is 0 Å². The van der Waals surface area contributed by atoms with E-state index in [0.29, 0.717) is 0 Å². The van der Waals surface area contributed by atoms with Crippen LogP contribution in [0.2, 0.25) is 0 Å². The Morgan fingerprint density at radius 2 is 1.75 bits per heavy atom. The van der Waals surface area contributed by atoms with Crippen LogP contribution in [-0.2, 0) is 0 Å². The molecule has 1 radical (unpaired) electrons. The third kappa shape index (κ3) is 12.7. The number of nitrogens with two attached hydrogens (primary N) is 1. The van der Waals surface area contributed by atoms with Gasteiger partial charge in [-0.15, -0.1) is 0 Å². The van der Waals surface area contributed by atoms with Crippen LogP contribution >= 0.6 is 0 Å². The van der Waals surface area contributed by atoms with Gasteiger partial charge < -0.3 is 5.73 Å². The van der Waals surface area contributed by atoms with Gasteiger partial charge in [-0.2, -0.15) is 5.26 Å². The second kappa shape index (κ2) is 9.06. The van der Waals surface area contributed by atoms with Crippen molar-refractivity contribution in [2.45, 2.75) is 0 Å². The fourth-order valence-electron chi connectivity index (χ4n) is 0. The summed E-state index contributed by atoms with van der Waals surface area (Å²) in [5, 5.41) is 7.10. The molecule has 0 aromatic carbocycles. The van der Waals surface area contributed by atoms with Crippen LogP contribution < -0.4 is 5.73 Å². The molecular formula is CH2KN2. The standard InChI is InChI=1S/CH2N2.K/c2-1-3;/h2H2;. The van der Waals surface area contributed by atoms with Crippen molar-refractivity contribution in [3.63, 3.8) is 0 Å². The zero-order chi connectivity index (χ0) is 2.71. The quantitative estimate of drug-likeness (QED) is 0.232. The Labute approximate surface area is 67.4 Å². The number of hydrogen-bond donors (Lipinski definition) is 1. The van der Waals surface area contributed by atoms with E-state index < -0.39 is 0 Å². The normalized spacial score (nSPS) is 1.75. The van der Waals surface area contributed by atoms with Gasteiger partial charge >= 0.3 is 0 Å². The van der Waals surface area contributed by atoms with Gasteiger partial charge in [-0.25, -0.2) is 0 Å². The summed E-state index contributed by atoms with van der Waals surface area (Å²) in [6.07, 6.45) is 1.25. The minimum absolute atomic E-state index is 0. The molecular weight excluding hydrogens is 79.1 g/mol. The van der Waals surface area contributed by atoms with E-state index in [2.05, 4.69) is 5.73 Å². The van der Waals surface area contributed by atoms with Gasteiger partial charge in [-0.05, 0) is 0 Å². The molecule has 0 saturated heterocycles. The van der Waals surface area contributed by atoms with E-state index in [1.54, 1.807) is 0 Å². The van der Waals surface area contributed by atoms with Gasteiger partial charge in [0.1, 0.15) is 0 Å². The Morgan fingerprint density at radius 1 is 1.75 bits per heavy atom. The topological polar surface area (TPSA) is 49.8 Å². The van der Waals surface area contributed by atoms with Crippen LogP contribution in [0.5, 0.6) is 0 Å². The van der Waals surface area contributed by atoms with Crippen LogP contribution in [0.4, 0.5) is 0 Å². The average molecular weight is 81.1 g/mol. The van der Waals surface area contributed by atoms with Crippen molar-refractivity contribution in [2.24, 2.45) is 5.73 Å². The van der Waals surface area contributed by atoms with Crippen molar-refractivity contribution in [1.82, 2.24) is 0 Å². The molecule has 0 bridgehead atoms. The molecule has 0 aromatic rings. The SMILES string of the molecule is N#CN.[K]. The Bertz CT molecular complexity index is 27.5. The van der Waals surface area contributed by atoms with Crippen molar-refractivity contribution >= 4 is 51.4 Å². The van der Waals surface area contributed by atoms with E-state index in [1.165, 1.54) is 6.19 Å². The molecule has 0 amide bonds. The van der Waals surface area contributed by atoms with E-state index in [9.17, 15) is 0 Å². The average Bonchev–Trinajstić information content (AvgIpc) is 0.918. The van der Waals surface area contributed by atoms with Crippen molar-refractivity contribution in [3.8, 4) is 6.19 Å². The maximum Gasteiger partial charge on any atom is 0.173 e. The Morgan fingerprint density at radius 3 is 1.75 bits per heavy atom. The van der Waals surface area contributed by atoms with Gasteiger partial charge in [0.15, 0.2) is 6.19 Å². The molecule has 2 N–H and O–H groups in total. The van der Waals surface area contributed by atoms with E-state index in [4.69, 9.17) is 5.26 Å². The van der Waals surface area contributed by atoms with Gasteiger partial charge in [-0.1, -0.05) is 0 Å². The largest absolute Gasteiger partial charge is 0.337 e. The van der Waals surface area contributed by atoms with Crippen molar-refractivity contribution in [1.29, 1.82) is 5.26 Å². The molecule has 4 heavy (non-hydrogen) atoms. The molecule has 0 atom stereocenters. The molecule has 0 unspecified atom stereocenters. The van der Waals surface area contributed by atoms with Gasteiger partial charge in [0.2, 0.25) is 0 Å². The third-order valence-corrected chi connectivity index (χ3v) is 0. The predicted octanol–water partition coefficient (Wildman–Crippen LogP) is -0.955. The first-order valence-corrected chi connectivity index (χ1v) is 0.512. The molecule has 17 valence electrons. The fourth-order valence-corrected chi connectivity index (χ4v) is 0. The fraction of sp³-hybridized carbons (Fsp3) is 0.